The highest BCUT2D eigenvalue weighted by Gasteiger charge is 2.21. The summed E-state index contributed by atoms with van der Waals surface area (Å²) in [6.07, 6.45) is 2.21. The largest absolute Gasteiger partial charge is 0.399 e. The number of hydrogen-bond acceptors (Lipinski definition) is 3. The van der Waals surface area contributed by atoms with Crippen molar-refractivity contribution in [1.29, 1.82) is 0 Å². The second kappa shape index (κ2) is 5.35. The van der Waals surface area contributed by atoms with Crippen LogP contribution in [-0.2, 0) is 0 Å². The summed E-state index contributed by atoms with van der Waals surface area (Å²) in [4.78, 5) is 14.1. The Labute approximate surface area is 106 Å². The van der Waals surface area contributed by atoms with Crippen LogP contribution >= 0.6 is 0 Å². The number of anilines is 1. The molecule has 1 saturated heterocycles. The monoisotopic (exact) mass is 251 g/mol. The molecule has 4 nitrogen and oxygen atoms in total. The Kier molecular flexibility index (Phi) is 3.81. The molecular formula is C13H18FN3O. The third-order valence-corrected chi connectivity index (χ3v) is 3.40. The van der Waals surface area contributed by atoms with Crippen molar-refractivity contribution in [3.05, 3.63) is 29.6 Å². The Hall–Kier alpha value is -1.62. The van der Waals surface area contributed by atoms with Gasteiger partial charge in [-0.2, -0.15) is 0 Å². The van der Waals surface area contributed by atoms with Gasteiger partial charge in [0.15, 0.2) is 0 Å². The van der Waals surface area contributed by atoms with E-state index in [0.29, 0.717) is 18.3 Å². The lowest BCUT2D eigenvalue weighted by molar-refractivity contribution is 0.0939. The quantitative estimate of drug-likeness (QED) is 0.794. The Morgan fingerprint density at radius 3 is 3.06 bits per heavy atom. The second-order valence-electron chi connectivity index (χ2n) is 4.73. The molecule has 1 amide bonds. The molecule has 0 saturated carbocycles. The number of hydrogen-bond donors (Lipinski definition) is 2. The number of carbonyl (C=O) groups is 1. The summed E-state index contributed by atoms with van der Waals surface area (Å²) in [7, 11) is 2.03. The molecule has 0 radical (unpaired) electrons. The molecule has 1 aromatic rings. The molecule has 1 aromatic carbocycles. The number of rotatable bonds is 3. The van der Waals surface area contributed by atoms with Crippen molar-refractivity contribution < 1.29 is 9.18 Å². The molecule has 18 heavy (non-hydrogen) atoms. The van der Waals surface area contributed by atoms with E-state index in [9.17, 15) is 9.18 Å². The zero-order valence-electron chi connectivity index (χ0n) is 10.4. The molecule has 0 aromatic heterocycles. The second-order valence-corrected chi connectivity index (χ2v) is 4.73. The fourth-order valence-electron chi connectivity index (χ4n) is 2.26. The first kappa shape index (κ1) is 12.8. The van der Waals surface area contributed by atoms with E-state index in [0.717, 1.165) is 19.4 Å². The van der Waals surface area contributed by atoms with Crippen LogP contribution in [-0.4, -0.2) is 37.0 Å². The zero-order chi connectivity index (χ0) is 13.1. The molecule has 1 aliphatic heterocycles. The third-order valence-electron chi connectivity index (χ3n) is 3.40. The van der Waals surface area contributed by atoms with Gasteiger partial charge in [0, 0.05) is 18.3 Å². The van der Waals surface area contributed by atoms with Gasteiger partial charge >= 0.3 is 0 Å². The lowest BCUT2D eigenvalue weighted by Gasteiger charge is -2.19. The van der Waals surface area contributed by atoms with Gasteiger partial charge in [0.2, 0.25) is 0 Å². The van der Waals surface area contributed by atoms with Crippen molar-refractivity contribution in [3.8, 4) is 0 Å². The Balaban J connectivity index is 1.97. The number of nitrogens with one attached hydrogen (secondary N) is 1. The van der Waals surface area contributed by atoms with Gasteiger partial charge < -0.3 is 16.0 Å². The molecule has 1 aliphatic rings. The van der Waals surface area contributed by atoms with E-state index in [2.05, 4.69) is 10.2 Å². The summed E-state index contributed by atoms with van der Waals surface area (Å²) < 4.78 is 13.5. The molecule has 1 unspecified atom stereocenters. The van der Waals surface area contributed by atoms with Crippen molar-refractivity contribution >= 4 is 11.6 Å². The maximum atomic E-state index is 13.5. The van der Waals surface area contributed by atoms with Crippen LogP contribution in [0.25, 0.3) is 0 Å². The topological polar surface area (TPSA) is 58.4 Å². The van der Waals surface area contributed by atoms with Gasteiger partial charge in [0.1, 0.15) is 5.82 Å². The Morgan fingerprint density at radius 1 is 1.61 bits per heavy atom. The lowest BCUT2D eigenvalue weighted by Crippen LogP contribution is -2.38. The van der Waals surface area contributed by atoms with Crippen molar-refractivity contribution in [2.75, 3.05) is 25.9 Å². The first-order valence-corrected chi connectivity index (χ1v) is 6.11. The molecule has 2 rings (SSSR count). The minimum atomic E-state index is -0.540. The van der Waals surface area contributed by atoms with E-state index < -0.39 is 11.7 Å². The minimum Gasteiger partial charge on any atom is -0.399 e. The van der Waals surface area contributed by atoms with Gasteiger partial charge in [0.25, 0.3) is 5.91 Å². The SMILES string of the molecule is CN1CCCC1CNC(=O)c1cc(N)ccc1F. The molecule has 5 heteroatoms. The summed E-state index contributed by atoms with van der Waals surface area (Å²) in [5.74, 6) is -0.943. The molecule has 0 aliphatic carbocycles. The zero-order valence-corrected chi connectivity index (χ0v) is 10.4. The molecule has 3 N–H and O–H groups in total. The van der Waals surface area contributed by atoms with E-state index in [1.54, 1.807) is 0 Å². The summed E-state index contributed by atoms with van der Waals surface area (Å²) in [6, 6.07) is 4.37. The number of nitrogen functional groups attached to an aromatic ring is 1. The highest BCUT2D eigenvalue weighted by Crippen LogP contribution is 2.15. The van der Waals surface area contributed by atoms with Crippen LogP contribution in [0.15, 0.2) is 18.2 Å². The average Bonchev–Trinajstić information content (AvgIpc) is 2.75. The van der Waals surface area contributed by atoms with E-state index in [-0.39, 0.29) is 5.56 Å². The summed E-state index contributed by atoms with van der Waals surface area (Å²) >= 11 is 0. The molecule has 98 valence electrons. The highest BCUT2D eigenvalue weighted by atomic mass is 19.1. The Morgan fingerprint density at radius 2 is 2.39 bits per heavy atom. The van der Waals surface area contributed by atoms with Crippen LogP contribution in [0.5, 0.6) is 0 Å². The third kappa shape index (κ3) is 2.79. The molecule has 1 atom stereocenters. The van der Waals surface area contributed by atoms with Crippen LogP contribution < -0.4 is 11.1 Å². The summed E-state index contributed by atoms with van der Waals surface area (Å²) in [5.41, 5.74) is 5.95. The van der Waals surface area contributed by atoms with Gasteiger partial charge in [-0.25, -0.2) is 4.39 Å². The number of likely N-dealkylation sites (tertiary alicyclic amines) is 1. The van der Waals surface area contributed by atoms with Gasteiger partial charge in [-0.05, 0) is 44.6 Å². The predicted octanol–water partition coefficient (Wildman–Crippen LogP) is 1.23. The van der Waals surface area contributed by atoms with Gasteiger partial charge in [-0.1, -0.05) is 0 Å². The average molecular weight is 251 g/mol. The van der Waals surface area contributed by atoms with Crippen molar-refractivity contribution in [1.82, 2.24) is 10.2 Å². The molecule has 1 heterocycles. The van der Waals surface area contributed by atoms with Gasteiger partial charge in [0.05, 0.1) is 5.56 Å². The number of nitrogens with two attached hydrogens (primary N) is 1. The number of halogens is 1. The normalized spacial score (nSPS) is 20.0. The lowest BCUT2D eigenvalue weighted by atomic mass is 10.1. The number of carbonyl (C=O) groups excluding carboxylic acids is 1. The van der Waals surface area contributed by atoms with Crippen LogP contribution in [0, 0.1) is 5.82 Å². The van der Waals surface area contributed by atoms with Gasteiger partial charge in [-0.3, -0.25) is 4.79 Å². The highest BCUT2D eigenvalue weighted by molar-refractivity contribution is 5.95. The van der Waals surface area contributed by atoms with E-state index in [4.69, 9.17) is 5.73 Å². The van der Waals surface area contributed by atoms with Crippen LogP contribution in [0.3, 0.4) is 0 Å². The van der Waals surface area contributed by atoms with Crippen molar-refractivity contribution in [2.45, 2.75) is 18.9 Å². The molecule has 0 spiro atoms. The fraction of sp³-hybridized carbons (Fsp3) is 0.462. The standard InChI is InChI=1S/C13H18FN3O/c1-17-6-2-3-10(17)8-16-13(18)11-7-9(15)4-5-12(11)14/h4-5,7,10H,2-3,6,8,15H2,1H3,(H,16,18). The summed E-state index contributed by atoms with van der Waals surface area (Å²) in [5, 5.41) is 2.76. The number of likely N-dealkylation sites (N-methyl/N-ethyl adjacent to an activating group) is 1. The molecular weight excluding hydrogens is 233 g/mol. The summed E-state index contributed by atoms with van der Waals surface area (Å²) in [6.45, 7) is 1.59. The number of nitrogens with zero attached hydrogens (tertiary/aromatic N) is 1. The van der Waals surface area contributed by atoms with E-state index >= 15 is 0 Å². The smallest absolute Gasteiger partial charge is 0.254 e. The van der Waals surface area contributed by atoms with Crippen LogP contribution in [0.1, 0.15) is 23.2 Å². The first-order valence-electron chi connectivity index (χ1n) is 6.11. The van der Waals surface area contributed by atoms with E-state index in [1.165, 1.54) is 18.2 Å². The number of amides is 1. The molecule has 0 bridgehead atoms. The van der Waals surface area contributed by atoms with Crippen LogP contribution in [0.4, 0.5) is 10.1 Å². The maximum absolute atomic E-state index is 13.5. The maximum Gasteiger partial charge on any atom is 0.254 e. The predicted molar refractivity (Wildman–Crippen MR) is 68.8 cm³/mol. The van der Waals surface area contributed by atoms with Crippen LogP contribution in [0.2, 0.25) is 0 Å². The van der Waals surface area contributed by atoms with Crippen molar-refractivity contribution in [2.24, 2.45) is 0 Å². The number of benzene rings is 1. The first-order chi connectivity index (χ1) is 8.58. The Bertz CT molecular complexity index is 450. The van der Waals surface area contributed by atoms with Gasteiger partial charge in [-0.15, -0.1) is 0 Å². The van der Waals surface area contributed by atoms with E-state index in [1.807, 2.05) is 7.05 Å². The van der Waals surface area contributed by atoms with Crippen molar-refractivity contribution in [3.63, 3.8) is 0 Å². The minimum absolute atomic E-state index is 0.00986. The molecule has 1 fully saturated rings. The fourth-order valence-corrected chi connectivity index (χ4v) is 2.26.